The zero-order valence-electron chi connectivity index (χ0n) is 33.6. The Morgan fingerprint density at radius 3 is 2.28 bits per heavy atom. The van der Waals surface area contributed by atoms with Gasteiger partial charge in [0.15, 0.2) is 0 Å². The van der Waals surface area contributed by atoms with E-state index in [-0.39, 0.29) is 20.1 Å². The Hall–Kier alpha value is -4.79. The second kappa shape index (κ2) is 15.5. The molecule has 0 bridgehead atoms. The molecular weight excluding hydrogens is 919 g/mol. The molecular formula is C46H39GeIrN5S-2. The van der Waals surface area contributed by atoms with Crippen molar-refractivity contribution in [2.24, 2.45) is 0 Å². The maximum Gasteiger partial charge on any atom is 0 e. The van der Waals surface area contributed by atoms with Crippen LogP contribution in [0.1, 0.15) is 21.1 Å². The van der Waals surface area contributed by atoms with Crippen LogP contribution in [0.2, 0.25) is 17.3 Å². The zero-order valence-corrected chi connectivity index (χ0v) is 35.9. The number of nitrogens with zero attached hydrogens (tertiary/aromatic N) is 5. The SMILES string of the molecule is [2H]C([2H])([2H])c1ccc(-c2c[c-]c(-c3nc4ccccc4n3-c3cc(C)nc(C)c3)c3sc4ncccc4c23)cc1.[CH3][Ge]([CH3])([CH3])[c]1ccc(-c2[c-]cccc2)nc1.[Ir]. The zero-order chi connectivity index (χ0) is 39.2. The molecule has 0 saturated carbocycles. The number of thiophene rings is 1. The Kier molecular flexibility index (Phi) is 9.70. The molecule has 4 aromatic carbocycles. The summed E-state index contributed by atoms with van der Waals surface area (Å²) < 4.78 is 27.9. The summed E-state index contributed by atoms with van der Waals surface area (Å²) in [5.41, 5.74) is 9.98. The van der Waals surface area contributed by atoms with Crippen molar-refractivity contribution in [3.05, 3.63) is 157 Å². The fourth-order valence-electron chi connectivity index (χ4n) is 6.65. The minimum absolute atomic E-state index is 0. The summed E-state index contributed by atoms with van der Waals surface area (Å²) in [5, 5.41) is 2.11. The topological polar surface area (TPSA) is 56.5 Å². The van der Waals surface area contributed by atoms with E-state index in [1.165, 1.54) is 4.40 Å². The molecule has 54 heavy (non-hydrogen) atoms. The van der Waals surface area contributed by atoms with Gasteiger partial charge >= 0.3 is 99.8 Å². The van der Waals surface area contributed by atoms with E-state index >= 15 is 0 Å². The summed E-state index contributed by atoms with van der Waals surface area (Å²) in [7, 11) is 0. The summed E-state index contributed by atoms with van der Waals surface area (Å²) in [6, 6.07) is 44.5. The van der Waals surface area contributed by atoms with E-state index in [1.807, 2.05) is 93.0 Å². The van der Waals surface area contributed by atoms with Crippen LogP contribution in [0.25, 0.3) is 70.8 Å². The summed E-state index contributed by atoms with van der Waals surface area (Å²) in [5.74, 6) is 7.94. The van der Waals surface area contributed by atoms with Crippen molar-refractivity contribution in [3.63, 3.8) is 0 Å². The number of hydrogen-bond acceptors (Lipinski definition) is 5. The minimum Gasteiger partial charge on any atom is 0 e. The first-order valence-corrected chi connectivity index (χ1v) is 25.7. The van der Waals surface area contributed by atoms with Gasteiger partial charge in [-0.3, -0.25) is 9.97 Å². The smallest absolute Gasteiger partial charge is 0 e. The fourth-order valence-corrected chi connectivity index (χ4v) is 9.98. The molecule has 5 nitrogen and oxygen atoms in total. The first-order chi connectivity index (χ1) is 26.8. The monoisotopic (exact) mass is 963 g/mol. The van der Waals surface area contributed by atoms with Gasteiger partial charge in [0.25, 0.3) is 0 Å². The van der Waals surface area contributed by atoms with Crippen LogP contribution in [-0.2, 0) is 20.1 Å². The van der Waals surface area contributed by atoms with Crippen molar-refractivity contribution < 1.29 is 24.2 Å². The predicted molar refractivity (Wildman–Crippen MR) is 225 cm³/mol. The Balaban J connectivity index is 0.000000246. The molecule has 5 aromatic heterocycles. The van der Waals surface area contributed by atoms with Gasteiger partial charge in [-0.05, 0) is 55.7 Å². The third kappa shape index (κ3) is 7.47. The van der Waals surface area contributed by atoms with E-state index < -0.39 is 20.1 Å². The molecule has 0 saturated heterocycles. The maximum absolute atomic E-state index is 7.76. The Labute approximate surface area is 341 Å². The third-order valence-electron chi connectivity index (χ3n) is 9.24. The molecule has 0 unspecified atom stereocenters. The fraction of sp³-hybridized carbons (Fsp3) is 0.130. The quantitative estimate of drug-likeness (QED) is 0.127. The second-order valence-electron chi connectivity index (χ2n) is 14.1. The number of aromatic nitrogens is 5. The van der Waals surface area contributed by atoms with Crippen LogP contribution in [0.15, 0.2) is 128 Å². The van der Waals surface area contributed by atoms with Crippen LogP contribution in [0, 0.1) is 32.8 Å². The molecule has 9 aromatic rings. The van der Waals surface area contributed by atoms with E-state index in [0.717, 1.165) is 82.2 Å². The van der Waals surface area contributed by atoms with E-state index in [2.05, 4.69) is 85.3 Å². The van der Waals surface area contributed by atoms with Crippen LogP contribution < -0.4 is 4.40 Å². The van der Waals surface area contributed by atoms with Crippen LogP contribution in [0.3, 0.4) is 0 Å². The minimum atomic E-state index is -2.15. The molecule has 0 aliphatic rings. The average Bonchev–Trinajstić information content (AvgIpc) is 3.77. The van der Waals surface area contributed by atoms with E-state index in [1.54, 1.807) is 23.5 Å². The summed E-state index contributed by atoms with van der Waals surface area (Å²) >= 11 is -0.0945. The molecule has 8 heteroatoms. The van der Waals surface area contributed by atoms with Crippen molar-refractivity contribution in [1.29, 1.82) is 0 Å². The number of imidazole rings is 1. The van der Waals surface area contributed by atoms with Gasteiger partial charge < -0.3 is 4.57 Å². The third-order valence-corrected chi connectivity index (χ3v) is 14.6. The van der Waals surface area contributed by atoms with Crippen molar-refractivity contribution in [2.45, 2.75) is 38.0 Å². The molecule has 0 amide bonds. The molecule has 269 valence electrons. The number of hydrogen-bond donors (Lipinski definition) is 0. The Morgan fingerprint density at radius 2 is 1.57 bits per heavy atom. The predicted octanol–water partition coefficient (Wildman–Crippen LogP) is 11.3. The first-order valence-electron chi connectivity index (χ1n) is 19.0. The number of aryl methyl sites for hydroxylation is 3. The molecule has 0 N–H and O–H groups in total. The molecule has 0 fully saturated rings. The summed E-state index contributed by atoms with van der Waals surface area (Å²) in [4.78, 5) is 19.8. The largest absolute Gasteiger partial charge is 0 e. The number of benzene rings is 4. The van der Waals surface area contributed by atoms with E-state index in [0.29, 0.717) is 5.56 Å². The molecule has 0 aliphatic heterocycles. The van der Waals surface area contributed by atoms with Crippen molar-refractivity contribution in [1.82, 2.24) is 24.5 Å². The number of rotatable bonds is 5. The standard InChI is InChI=1S/C32H23N4S.C14H16GeN.Ir/c1-19-10-12-22(13-11-19)24-14-15-26(30-29(24)25-7-6-16-33-32(25)37-30)31-35-27-8-4-5-9-28(27)36(31)23-17-20(2)34-21(3)18-23;1-15(2,3)13-9-10-14(16-11-13)12-7-5-4-6-8-12;/h4-14,16-18H,1-3H3;4-7,9-11H,1-3H3;/q2*-1;/i1D3;;. The van der Waals surface area contributed by atoms with Gasteiger partial charge in [-0.25, -0.2) is 4.98 Å². The maximum atomic E-state index is 7.76. The van der Waals surface area contributed by atoms with Gasteiger partial charge in [0.05, 0.1) is 16.9 Å². The van der Waals surface area contributed by atoms with Gasteiger partial charge in [-0.1, -0.05) is 70.1 Å². The molecule has 1 radical (unpaired) electrons. The van der Waals surface area contributed by atoms with Crippen LogP contribution in [0.5, 0.6) is 0 Å². The van der Waals surface area contributed by atoms with Gasteiger partial charge in [-0.15, -0.1) is 12.1 Å². The van der Waals surface area contributed by atoms with Crippen molar-refractivity contribution in [3.8, 4) is 39.5 Å². The van der Waals surface area contributed by atoms with E-state index in [9.17, 15) is 0 Å². The van der Waals surface area contributed by atoms with Gasteiger partial charge in [0, 0.05) is 52.9 Å². The van der Waals surface area contributed by atoms with Crippen molar-refractivity contribution >= 4 is 60.3 Å². The van der Waals surface area contributed by atoms with Gasteiger partial charge in [-0.2, -0.15) is 11.3 Å². The summed E-state index contributed by atoms with van der Waals surface area (Å²) in [6.07, 6.45) is 3.85. The normalized spacial score (nSPS) is 12.4. The molecule has 0 spiro atoms. The van der Waals surface area contributed by atoms with E-state index in [4.69, 9.17) is 9.10 Å². The average molecular weight is 962 g/mol. The number of pyridine rings is 3. The van der Waals surface area contributed by atoms with Crippen molar-refractivity contribution in [2.75, 3.05) is 0 Å². The second-order valence-corrected chi connectivity index (χ2v) is 25.8. The number of para-hydroxylation sites is 2. The molecule has 0 aliphatic carbocycles. The van der Waals surface area contributed by atoms with Crippen LogP contribution in [0.4, 0.5) is 0 Å². The molecule has 0 atom stereocenters. The Morgan fingerprint density at radius 1 is 0.796 bits per heavy atom. The van der Waals surface area contributed by atoms with Crippen LogP contribution >= 0.6 is 11.3 Å². The van der Waals surface area contributed by atoms with Gasteiger partial charge in [0.1, 0.15) is 4.83 Å². The molecule has 9 rings (SSSR count). The molecule has 5 heterocycles. The first kappa shape index (κ1) is 33.8. The van der Waals surface area contributed by atoms with Gasteiger partial charge in [0.2, 0.25) is 0 Å². The Bertz CT molecular complexity index is 2830. The number of fused-ring (bicyclic) bond motifs is 4. The van der Waals surface area contributed by atoms with Crippen LogP contribution in [-0.4, -0.2) is 37.8 Å². The summed E-state index contributed by atoms with van der Waals surface area (Å²) in [6.45, 7) is 1.86.